The predicted octanol–water partition coefficient (Wildman–Crippen LogP) is -0.553. The van der Waals surface area contributed by atoms with Crippen molar-refractivity contribution in [3.63, 3.8) is 0 Å². The summed E-state index contributed by atoms with van der Waals surface area (Å²) >= 11 is 0. The topological polar surface area (TPSA) is 138 Å². The van der Waals surface area contributed by atoms with E-state index < -0.39 is 23.9 Å². The molecular weight excluding hydrogens is 301 g/mol. The third-order valence-electron chi connectivity index (χ3n) is 2.19. The first-order chi connectivity index (χ1) is 9.68. The number of nitrogens with two attached hydrogens (primary N) is 1. The van der Waals surface area contributed by atoms with Crippen molar-refractivity contribution in [1.82, 2.24) is 0 Å². The number of carbonyl (C=O) groups is 3. The van der Waals surface area contributed by atoms with Crippen LogP contribution in [0.2, 0.25) is 0 Å². The second-order valence-corrected chi connectivity index (χ2v) is 4.43. The molecule has 5 N–H and O–H groups in total. The summed E-state index contributed by atoms with van der Waals surface area (Å²) in [4.78, 5) is 29.0. The summed E-state index contributed by atoms with van der Waals surface area (Å²) in [7, 11) is 0. The van der Waals surface area contributed by atoms with E-state index in [4.69, 9.17) is 21.1 Å². The minimum absolute atomic E-state index is 0. The number of carboxylic acids is 3. The summed E-state index contributed by atoms with van der Waals surface area (Å²) < 4.78 is 0. The van der Waals surface area contributed by atoms with E-state index in [1.54, 1.807) is 6.92 Å². The van der Waals surface area contributed by atoms with Gasteiger partial charge in [-0.3, -0.25) is 14.4 Å². The molecule has 0 amide bonds. The van der Waals surface area contributed by atoms with Gasteiger partial charge < -0.3 is 22.5 Å². The van der Waals surface area contributed by atoms with Gasteiger partial charge in [0.05, 0.1) is 0 Å². The molecule has 0 saturated heterocycles. The summed E-state index contributed by atoms with van der Waals surface area (Å²) in [6.07, 6.45) is 6.11. The van der Waals surface area contributed by atoms with Crippen molar-refractivity contribution in [2.24, 2.45) is 5.73 Å². The Bertz CT molecular complexity index is 290. The van der Waals surface area contributed by atoms with Crippen molar-refractivity contribution in [2.45, 2.75) is 71.8 Å². The molecule has 22 heavy (non-hydrogen) atoms. The molecule has 1 unspecified atom stereocenters. The molecule has 8 heteroatoms. The normalized spacial score (nSPS) is 9.82. The molecule has 0 fully saturated rings. The van der Waals surface area contributed by atoms with Crippen LogP contribution in [0, 0.1) is 0 Å². The first-order valence-electron chi connectivity index (χ1n) is 7.10. The van der Waals surface area contributed by atoms with Crippen LogP contribution < -0.4 is 35.3 Å². The third kappa shape index (κ3) is 42.7. The van der Waals surface area contributed by atoms with Crippen LogP contribution in [0.3, 0.4) is 0 Å². The average molecular weight is 331 g/mol. The third-order valence-corrected chi connectivity index (χ3v) is 2.19. The predicted molar refractivity (Wildman–Crippen MR) is 81.3 cm³/mol. The molecule has 0 bridgehead atoms. The van der Waals surface area contributed by atoms with Crippen LogP contribution in [-0.2, 0) is 14.4 Å². The minimum Gasteiger partial charge on any atom is -1.00 e. The van der Waals surface area contributed by atoms with Gasteiger partial charge in [-0.15, -0.1) is 0 Å². The van der Waals surface area contributed by atoms with Gasteiger partial charge in [-0.1, -0.05) is 39.5 Å². The summed E-state index contributed by atoms with van der Waals surface area (Å²) in [6, 6.07) is -0.731. The van der Waals surface area contributed by atoms with E-state index in [-0.39, 0.29) is 37.4 Å². The van der Waals surface area contributed by atoms with Crippen molar-refractivity contribution in [1.29, 1.82) is 0 Å². The smallest absolute Gasteiger partial charge is 1.00 e. The molecule has 0 aromatic carbocycles. The van der Waals surface area contributed by atoms with Crippen molar-refractivity contribution in [3.8, 4) is 0 Å². The van der Waals surface area contributed by atoms with Crippen LogP contribution in [0.25, 0.3) is 0 Å². The maximum Gasteiger partial charge on any atom is 1.00 e. The number of unbranched alkanes of at least 4 members (excludes halogenated alkanes) is 4. The maximum atomic E-state index is 10.0. The summed E-state index contributed by atoms with van der Waals surface area (Å²) in [5.74, 6) is -2.38. The number of hydrogen-bond donors (Lipinski definition) is 4. The summed E-state index contributed by atoms with van der Waals surface area (Å²) in [6.45, 7) is 5.17. The largest absolute Gasteiger partial charge is 1.00 e. The molecule has 0 rings (SSSR count). The molecule has 7 nitrogen and oxygen atoms in total. The monoisotopic (exact) mass is 331 g/mol. The second-order valence-electron chi connectivity index (χ2n) is 4.43. The van der Waals surface area contributed by atoms with E-state index in [2.05, 4.69) is 6.92 Å². The Morgan fingerprint density at radius 2 is 1.32 bits per heavy atom. The standard InChI is InChI=1S/C8H16O2.C3H7NO2.C3H6O2.Na.H/c1-2-3-4-5-6-7-8(9)10;1-2(4)3(5)6;1-2-3(4)5;;/h2-7H2,1H3,(H,9,10);2H,4H2,1H3,(H,5,6);2H2,1H3,(H,4,5);;/q;;;+1;-1. The van der Waals surface area contributed by atoms with Crippen molar-refractivity contribution in [2.75, 3.05) is 0 Å². The van der Waals surface area contributed by atoms with Gasteiger partial charge in [-0.05, 0) is 13.3 Å². The molecule has 0 saturated carbocycles. The van der Waals surface area contributed by atoms with Gasteiger partial charge in [0.1, 0.15) is 6.04 Å². The Kier molecular flexibility index (Phi) is 30.3. The zero-order chi connectivity index (χ0) is 17.3. The fourth-order valence-corrected chi connectivity index (χ4v) is 0.880. The van der Waals surface area contributed by atoms with E-state index in [1.807, 2.05) is 0 Å². The molecule has 0 radical (unpaired) electrons. The van der Waals surface area contributed by atoms with Crippen LogP contribution in [0.15, 0.2) is 0 Å². The minimum atomic E-state index is -0.963. The molecule has 0 aliphatic carbocycles. The summed E-state index contributed by atoms with van der Waals surface area (Å²) in [5.41, 5.74) is 4.84. The van der Waals surface area contributed by atoms with Gasteiger partial charge in [-0.25, -0.2) is 0 Å². The van der Waals surface area contributed by atoms with Crippen molar-refractivity contribution < 1.29 is 60.7 Å². The second kappa shape index (κ2) is 22.6. The van der Waals surface area contributed by atoms with Crippen LogP contribution in [0.1, 0.15) is 67.1 Å². The SMILES string of the molecule is CC(N)C(=O)O.CCC(=O)O.CCCCCCCC(=O)O.[H-].[Na+]. The molecule has 0 spiro atoms. The molecule has 0 aliphatic heterocycles. The van der Waals surface area contributed by atoms with Gasteiger partial charge in [-0.2, -0.15) is 0 Å². The number of aliphatic carboxylic acids is 3. The van der Waals surface area contributed by atoms with E-state index >= 15 is 0 Å². The van der Waals surface area contributed by atoms with Crippen LogP contribution >= 0.6 is 0 Å². The Balaban J connectivity index is -0.0000000725. The van der Waals surface area contributed by atoms with E-state index in [0.717, 1.165) is 12.8 Å². The Morgan fingerprint density at radius 3 is 1.55 bits per heavy atom. The average Bonchev–Trinajstić information content (AvgIpc) is 2.39. The Hall–Kier alpha value is -0.630. The van der Waals surface area contributed by atoms with E-state index in [1.165, 1.54) is 26.2 Å². The summed E-state index contributed by atoms with van der Waals surface area (Å²) in [5, 5.41) is 23.9. The molecular formula is C14H30NNaO6. The first kappa shape index (κ1) is 29.4. The molecule has 0 heterocycles. The van der Waals surface area contributed by atoms with Crippen LogP contribution in [-0.4, -0.2) is 39.3 Å². The Morgan fingerprint density at radius 1 is 0.955 bits per heavy atom. The Labute approximate surface area is 156 Å². The fraction of sp³-hybridized carbons (Fsp3) is 0.786. The molecule has 128 valence electrons. The van der Waals surface area contributed by atoms with Crippen molar-refractivity contribution >= 4 is 17.9 Å². The van der Waals surface area contributed by atoms with Gasteiger partial charge >= 0.3 is 47.5 Å². The quantitative estimate of drug-likeness (QED) is 0.346. The van der Waals surface area contributed by atoms with Gasteiger partial charge in [0.25, 0.3) is 0 Å². The van der Waals surface area contributed by atoms with Crippen LogP contribution in [0.4, 0.5) is 0 Å². The molecule has 0 aromatic heterocycles. The zero-order valence-corrected chi connectivity index (χ0v) is 16.2. The fourth-order valence-electron chi connectivity index (χ4n) is 0.880. The van der Waals surface area contributed by atoms with E-state index in [0.29, 0.717) is 6.42 Å². The maximum absolute atomic E-state index is 10.0. The number of carboxylic acid groups (broad SMARTS) is 3. The first-order valence-corrected chi connectivity index (χ1v) is 7.10. The van der Waals surface area contributed by atoms with E-state index in [9.17, 15) is 14.4 Å². The molecule has 1 atom stereocenters. The molecule has 0 aromatic rings. The van der Waals surface area contributed by atoms with Gasteiger partial charge in [0.15, 0.2) is 0 Å². The van der Waals surface area contributed by atoms with Crippen molar-refractivity contribution in [3.05, 3.63) is 0 Å². The van der Waals surface area contributed by atoms with Crippen LogP contribution in [0.5, 0.6) is 0 Å². The number of hydrogen-bond acceptors (Lipinski definition) is 4. The van der Waals surface area contributed by atoms with Gasteiger partial charge in [0.2, 0.25) is 0 Å². The zero-order valence-electron chi connectivity index (χ0n) is 15.2. The van der Waals surface area contributed by atoms with Gasteiger partial charge in [0, 0.05) is 12.8 Å². The molecule has 0 aliphatic rings. The number of rotatable bonds is 8.